The second-order valence-corrected chi connectivity index (χ2v) is 5.26. The van der Waals surface area contributed by atoms with Gasteiger partial charge in [0.25, 0.3) is 0 Å². The summed E-state index contributed by atoms with van der Waals surface area (Å²) in [5.41, 5.74) is 6.91. The molecule has 106 valence electrons. The number of rotatable bonds is 5. The molecule has 0 saturated carbocycles. The number of nitrogens with zero attached hydrogens (tertiary/aromatic N) is 2. The van der Waals surface area contributed by atoms with Gasteiger partial charge in [0, 0.05) is 19.0 Å². The molecule has 0 aromatic heterocycles. The van der Waals surface area contributed by atoms with Crippen LogP contribution in [-0.2, 0) is 6.54 Å². The van der Waals surface area contributed by atoms with Crippen molar-refractivity contribution in [3.8, 4) is 0 Å². The Kier molecular flexibility index (Phi) is 4.58. The van der Waals surface area contributed by atoms with Gasteiger partial charge in [-0.15, -0.1) is 0 Å². The highest BCUT2D eigenvalue weighted by atomic mass is 16.4. The van der Waals surface area contributed by atoms with Crippen molar-refractivity contribution in [2.24, 2.45) is 16.8 Å². The molecule has 2 aromatic rings. The van der Waals surface area contributed by atoms with E-state index in [0.717, 1.165) is 13.1 Å². The van der Waals surface area contributed by atoms with Gasteiger partial charge in [0.05, 0.1) is 0 Å². The lowest BCUT2D eigenvalue weighted by molar-refractivity contribution is 0.291. The molecule has 2 aromatic carbocycles. The molecule has 20 heavy (non-hydrogen) atoms. The number of benzene rings is 2. The van der Waals surface area contributed by atoms with Gasteiger partial charge in [-0.3, -0.25) is 0 Å². The lowest BCUT2D eigenvalue weighted by Crippen LogP contribution is -2.32. The van der Waals surface area contributed by atoms with E-state index in [1.54, 1.807) is 0 Å². The molecule has 0 amide bonds. The van der Waals surface area contributed by atoms with Crippen LogP contribution in [0.4, 0.5) is 0 Å². The van der Waals surface area contributed by atoms with Crippen LogP contribution < -0.4 is 5.73 Å². The zero-order chi connectivity index (χ0) is 14.5. The molecule has 0 aliphatic rings. The van der Waals surface area contributed by atoms with Crippen molar-refractivity contribution >= 4 is 16.6 Å². The fourth-order valence-corrected chi connectivity index (χ4v) is 2.45. The van der Waals surface area contributed by atoms with Crippen molar-refractivity contribution in [3.05, 3.63) is 48.0 Å². The summed E-state index contributed by atoms with van der Waals surface area (Å²) in [4.78, 5) is 2.18. The van der Waals surface area contributed by atoms with E-state index in [1.165, 1.54) is 16.3 Å². The van der Waals surface area contributed by atoms with Crippen molar-refractivity contribution in [1.29, 1.82) is 0 Å². The fraction of sp³-hybridized carbons (Fsp3) is 0.312. The molecule has 1 unspecified atom stereocenters. The molecule has 0 aliphatic carbocycles. The minimum absolute atomic E-state index is 0.0278. The zero-order valence-electron chi connectivity index (χ0n) is 12.0. The molecule has 3 N–H and O–H groups in total. The summed E-state index contributed by atoms with van der Waals surface area (Å²) in [6.07, 6.45) is 0. The van der Waals surface area contributed by atoms with Gasteiger partial charge in [-0.1, -0.05) is 54.5 Å². The molecular formula is C16H21N3O. The predicted octanol–water partition coefficient (Wildman–Crippen LogP) is 2.65. The third-order valence-electron chi connectivity index (χ3n) is 3.53. The van der Waals surface area contributed by atoms with E-state index in [2.05, 4.69) is 52.5 Å². The highest BCUT2D eigenvalue weighted by Crippen LogP contribution is 2.19. The lowest BCUT2D eigenvalue weighted by Gasteiger charge is -2.21. The maximum atomic E-state index is 8.69. The van der Waals surface area contributed by atoms with Crippen molar-refractivity contribution in [1.82, 2.24) is 4.90 Å². The van der Waals surface area contributed by atoms with Gasteiger partial charge < -0.3 is 15.8 Å². The average Bonchev–Trinajstić information content (AvgIpc) is 2.46. The first-order valence-electron chi connectivity index (χ1n) is 6.74. The summed E-state index contributed by atoms with van der Waals surface area (Å²) < 4.78 is 0. The molecule has 0 radical (unpaired) electrons. The monoisotopic (exact) mass is 271 g/mol. The minimum Gasteiger partial charge on any atom is -0.409 e. The first kappa shape index (κ1) is 14.3. The average molecular weight is 271 g/mol. The van der Waals surface area contributed by atoms with E-state index < -0.39 is 0 Å². The van der Waals surface area contributed by atoms with Crippen molar-refractivity contribution in [3.63, 3.8) is 0 Å². The quantitative estimate of drug-likeness (QED) is 0.380. The highest BCUT2D eigenvalue weighted by Gasteiger charge is 2.12. The van der Waals surface area contributed by atoms with Crippen molar-refractivity contribution < 1.29 is 5.21 Å². The SMILES string of the molecule is CC(CN(C)Cc1cccc2ccccc12)C(N)=NO. The molecule has 1 atom stereocenters. The van der Waals surface area contributed by atoms with Crippen LogP contribution in [0.1, 0.15) is 12.5 Å². The Bertz CT molecular complexity index is 604. The molecular weight excluding hydrogens is 250 g/mol. The number of fused-ring (bicyclic) bond motifs is 1. The van der Waals surface area contributed by atoms with Crippen LogP contribution in [0.25, 0.3) is 10.8 Å². The van der Waals surface area contributed by atoms with Gasteiger partial charge >= 0.3 is 0 Å². The number of hydrogen-bond donors (Lipinski definition) is 2. The second kappa shape index (κ2) is 6.39. The van der Waals surface area contributed by atoms with Gasteiger partial charge in [0.2, 0.25) is 0 Å². The van der Waals surface area contributed by atoms with Crippen LogP contribution in [0.15, 0.2) is 47.6 Å². The highest BCUT2D eigenvalue weighted by molar-refractivity contribution is 5.85. The van der Waals surface area contributed by atoms with E-state index in [0.29, 0.717) is 0 Å². The summed E-state index contributed by atoms with van der Waals surface area (Å²) in [7, 11) is 2.04. The number of hydrogen-bond acceptors (Lipinski definition) is 3. The topological polar surface area (TPSA) is 61.8 Å². The smallest absolute Gasteiger partial charge is 0.143 e. The van der Waals surface area contributed by atoms with Crippen molar-refractivity contribution in [2.45, 2.75) is 13.5 Å². The summed E-state index contributed by atoms with van der Waals surface area (Å²) in [6, 6.07) is 14.7. The maximum absolute atomic E-state index is 8.69. The van der Waals surface area contributed by atoms with E-state index in [9.17, 15) is 0 Å². The molecule has 0 aliphatic heterocycles. The molecule has 2 rings (SSSR count). The molecule has 0 bridgehead atoms. The van der Waals surface area contributed by atoms with Crippen LogP contribution in [0.5, 0.6) is 0 Å². The van der Waals surface area contributed by atoms with Gasteiger partial charge in [0.1, 0.15) is 5.84 Å². The summed E-state index contributed by atoms with van der Waals surface area (Å²) >= 11 is 0. The van der Waals surface area contributed by atoms with E-state index in [4.69, 9.17) is 10.9 Å². The van der Waals surface area contributed by atoms with Crippen LogP contribution in [0.3, 0.4) is 0 Å². The van der Waals surface area contributed by atoms with Crippen LogP contribution in [-0.4, -0.2) is 29.5 Å². The lowest BCUT2D eigenvalue weighted by atomic mass is 10.0. The predicted molar refractivity (Wildman–Crippen MR) is 82.9 cm³/mol. The third-order valence-corrected chi connectivity index (χ3v) is 3.53. The van der Waals surface area contributed by atoms with E-state index in [-0.39, 0.29) is 11.8 Å². The summed E-state index contributed by atoms with van der Waals surface area (Å²) in [5, 5.41) is 14.3. The van der Waals surface area contributed by atoms with Gasteiger partial charge in [-0.2, -0.15) is 0 Å². The zero-order valence-corrected chi connectivity index (χ0v) is 12.0. The molecule has 4 heteroatoms. The van der Waals surface area contributed by atoms with Gasteiger partial charge in [-0.25, -0.2) is 0 Å². The molecule has 4 nitrogen and oxygen atoms in total. The Morgan fingerprint density at radius 1 is 1.25 bits per heavy atom. The molecule has 0 heterocycles. The van der Waals surface area contributed by atoms with E-state index in [1.807, 2.05) is 14.0 Å². The Hall–Kier alpha value is -2.07. The summed E-state index contributed by atoms with van der Waals surface area (Å²) in [5.74, 6) is 0.301. The largest absolute Gasteiger partial charge is 0.409 e. The first-order valence-corrected chi connectivity index (χ1v) is 6.74. The third kappa shape index (κ3) is 3.27. The molecule has 0 saturated heterocycles. The van der Waals surface area contributed by atoms with Crippen LogP contribution >= 0.6 is 0 Å². The Morgan fingerprint density at radius 2 is 1.95 bits per heavy atom. The van der Waals surface area contributed by atoms with E-state index >= 15 is 0 Å². The number of amidine groups is 1. The Morgan fingerprint density at radius 3 is 2.70 bits per heavy atom. The Labute approximate surface area is 119 Å². The Balaban J connectivity index is 2.12. The molecule has 0 spiro atoms. The fourth-order valence-electron chi connectivity index (χ4n) is 2.45. The van der Waals surface area contributed by atoms with Crippen LogP contribution in [0.2, 0.25) is 0 Å². The van der Waals surface area contributed by atoms with Gasteiger partial charge in [-0.05, 0) is 23.4 Å². The number of nitrogens with two attached hydrogens (primary N) is 1. The van der Waals surface area contributed by atoms with Crippen molar-refractivity contribution in [2.75, 3.05) is 13.6 Å². The maximum Gasteiger partial charge on any atom is 0.143 e. The standard InChI is InChI=1S/C16H21N3O/c1-12(16(17)18-20)10-19(2)11-14-8-5-7-13-6-3-4-9-15(13)14/h3-9,12,20H,10-11H2,1-2H3,(H2,17,18). The number of oxime groups is 1. The second-order valence-electron chi connectivity index (χ2n) is 5.26. The van der Waals surface area contributed by atoms with Gasteiger partial charge in [0.15, 0.2) is 0 Å². The normalized spacial score (nSPS) is 13.8. The minimum atomic E-state index is 0.0278. The first-order chi connectivity index (χ1) is 9.61. The summed E-state index contributed by atoms with van der Waals surface area (Å²) in [6.45, 7) is 3.54. The van der Waals surface area contributed by atoms with Crippen LogP contribution in [0, 0.1) is 5.92 Å². The molecule has 0 fully saturated rings.